The smallest absolute Gasteiger partial charge is 0.335 e. The molecule has 0 spiro atoms. The number of carbonyl (C=O) groups is 5. The van der Waals surface area contributed by atoms with Crippen molar-refractivity contribution in [1.29, 1.82) is 0 Å². The van der Waals surface area contributed by atoms with E-state index >= 15 is 0 Å². The lowest BCUT2D eigenvalue weighted by Gasteiger charge is -2.16. The molecule has 0 radical (unpaired) electrons. The quantitative estimate of drug-likeness (QED) is 0.177. The van der Waals surface area contributed by atoms with Gasteiger partial charge in [0, 0.05) is 44.1 Å². The van der Waals surface area contributed by atoms with Gasteiger partial charge in [-0.1, -0.05) is 6.58 Å². The van der Waals surface area contributed by atoms with E-state index in [0.717, 1.165) is 0 Å². The van der Waals surface area contributed by atoms with Gasteiger partial charge in [0.15, 0.2) is 0 Å². The van der Waals surface area contributed by atoms with E-state index in [9.17, 15) is 24.0 Å². The minimum atomic E-state index is -0.711. The number of allylic oxidation sites excluding steroid dienone is 1. The first kappa shape index (κ1) is 29.1. The second kappa shape index (κ2) is 16.5. The first-order valence-electron chi connectivity index (χ1n) is 11.7. The standard InChI is InChI=1S/C23H33N3O10/c1-18-2-3-20(28)25(18)9-6-19(27)24-8-11-33-13-15-35-17-16-34-14-12-32-10-7-23(31)36-26-21(29)4-5-22(26)30/h2-3H,1,4-17H2,(H,24,27). The van der Waals surface area contributed by atoms with Gasteiger partial charge in [0.05, 0.1) is 59.3 Å². The summed E-state index contributed by atoms with van der Waals surface area (Å²) in [4.78, 5) is 63.8. The predicted molar refractivity (Wildman–Crippen MR) is 123 cm³/mol. The molecule has 2 rings (SSSR count). The highest BCUT2D eigenvalue weighted by Crippen LogP contribution is 2.13. The monoisotopic (exact) mass is 511 g/mol. The van der Waals surface area contributed by atoms with Gasteiger partial charge in [-0.15, -0.1) is 5.06 Å². The van der Waals surface area contributed by atoms with Crippen molar-refractivity contribution in [1.82, 2.24) is 15.3 Å². The van der Waals surface area contributed by atoms with Crippen LogP contribution in [-0.2, 0) is 47.8 Å². The molecule has 4 amide bonds. The molecular weight excluding hydrogens is 478 g/mol. The van der Waals surface area contributed by atoms with Crippen LogP contribution in [0, 0.1) is 0 Å². The van der Waals surface area contributed by atoms with Crippen molar-refractivity contribution in [2.45, 2.75) is 25.7 Å². The van der Waals surface area contributed by atoms with Crippen molar-refractivity contribution in [3.8, 4) is 0 Å². The number of rotatable bonds is 19. The molecule has 200 valence electrons. The van der Waals surface area contributed by atoms with Gasteiger partial charge in [-0.3, -0.25) is 19.2 Å². The summed E-state index contributed by atoms with van der Waals surface area (Å²) in [5.74, 6) is -2.08. The molecule has 0 bridgehead atoms. The van der Waals surface area contributed by atoms with Gasteiger partial charge in [0.25, 0.3) is 17.7 Å². The van der Waals surface area contributed by atoms with Gasteiger partial charge in [-0.05, 0) is 6.08 Å². The highest BCUT2D eigenvalue weighted by Gasteiger charge is 2.32. The van der Waals surface area contributed by atoms with Crippen molar-refractivity contribution < 1.29 is 47.8 Å². The molecule has 2 aliphatic rings. The average Bonchev–Trinajstić information content (AvgIpc) is 3.34. The van der Waals surface area contributed by atoms with Crippen molar-refractivity contribution in [3.05, 3.63) is 24.4 Å². The largest absolute Gasteiger partial charge is 0.378 e. The lowest BCUT2D eigenvalue weighted by atomic mass is 10.3. The SMILES string of the molecule is C=C1C=CC(=O)N1CCC(=O)NCCOCCOCCOCCOCCC(=O)ON1C(=O)CCC1=O. The van der Waals surface area contributed by atoms with E-state index in [1.165, 1.54) is 11.0 Å². The first-order valence-corrected chi connectivity index (χ1v) is 11.7. The van der Waals surface area contributed by atoms with E-state index in [1.54, 1.807) is 6.08 Å². The Morgan fingerprint density at radius 2 is 1.36 bits per heavy atom. The van der Waals surface area contributed by atoms with Crippen molar-refractivity contribution in [3.63, 3.8) is 0 Å². The zero-order valence-electron chi connectivity index (χ0n) is 20.2. The number of imide groups is 1. The molecule has 13 nitrogen and oxygen atoms in total. The summed E-state index contributed by atoms with van der Waals surface area (Å²) in [6.07, 6.45) is 3.25. The van der Waals surface area contributed by atoms with Gasteiger partial charge in [0.2, 0.25) is 5.91 Å². The minimum absolute atomic E-state index is 0.0526. The lowest BCUT2D eigenvalue weighted by molar-refractivity contribution is -0.198. The molecule has 36 heavy (non-hydrogen) atoms. The van der Waals surface area contributed by atoms with Crippen molar-refractivity contribution in [2.24, 2.45) is 0 Å². The fourth-order valence-corrected chi connectivity index (χ4v) is 3.03. The summed E-state index contributed by atoms with van der Waals surface area (Å²) in [7, 11) is 0. The second-order valence-corrected chi connectivity index (χ2v) is 7.66. The van der Waals surface area contributed by atoms with Crippen LogP contribution in [-0.4, -0.2) is 106 Å². The number of ether oxygens (including phenoxy) is 4. The second-order valence-electron chi connectivity index (χ2n) is 7.66. The van der Waals surface area contributed by atoms with Gasteiger partial charge in [-0.25, -0.2) is 4.79 Å². The maximum Gasteiger partial charge on any atom is 0.335 e. The van der Waals surface area contributed by atoms with Gasteiger partial charge in [-0.2, -0.15) is 0 Å². The fraction of sp³-hybridized carbons (Fsp3) is 0.609. The molecule has 0 aliphatic carbocycles. The molecule has 1 fully saturated rings. The van der Waals surface area contributed by atoms with E-state index in [1.807, 2.05) is 0 Å². The molecule has 2 heterocycles. The van der Waals surface area contributed by atoms with Crippen molar-refractivity contribution >= 4 is 29.6 Å². The number of nitrogens with zero attached hydrogens (tertiary/aromatic N) is 2. The topological polar surface area (TPSA) is 150 Å². The third kappa shape index (κ3) is 11.1. The summed E-state index contributed by atoms with van der Waals surface area (Å²) in [6.45, 7) is 6.89. The Bertz CT molecular complexity index is 795. The van der Waals surface area contributed by atoms with Crippen LogP contribution in [0.5, 0.6) is 0 Å². The van der Waals surface area contributed by atoms with E-state index < -0.39 is 17.8 Å². The molecule has 0 atom stereocenters. The molecule has 0 aromatic heterocycles. The Balaban J connectivity index is 1.29. The Morgan fingerprint density at radius 1 is 0.806 bits per heavy atom. The Hall–Kier alpha value is -3.13. The Morgan fingerprint density at radius 3 is 1.92 bits per heavy atom. The van der Waals surface area contributed by atoms with Crippen LogP contribution >= 0.6 is 0 Å². The normalized spacial score (nSPS) is 15.3. The van der Waals surface area contributed by atoms with E-state index in [0.29, 0.717) is 63.5 Å². The predicted octanol–water partition coefficient (Wildman–Crippen LogP) is -0.531. The first-order chi connectivity index (χ1) is 17.4. The minimum Gasteiger partial charge on any atom is -0.378 e. The zero-order chi connectivity index (χ0) is 26.2. The molecule has 1 N–H and O–H groups in total. The summed E-state index contributed by atoms with van der Waals surface area (Å²) in [5, 5.41) is 3.23. The number of amides is 4. The summed E-state index contributed by atoms with van der Waals surface area (Å²) in [5.41, 5.74) is 0.586. The Kier molecular flexibility index (Phi) is 13.4. The molecule has 1 saturated heterocycles. The molecule has 0 unspecified atom stereocenters. The van der Waals surface area contributed by atoms with Crippen LogP contribution in [0.15, 0.2) is 24.4 Å². The maximum absolute atomic E-state index is 11.8. The fourth-order valence-electron chi connectivity index (χ4n) is 3.03. The van der Waals surface area contributed by atoms with E-state index in [2.05, 4.69) is 11.9 Å². The highest BCUT2D eigenvalue weighted by molar-refractivity contribution is 6.01. The average molecular weight is 512 g/mol. The Labute approximate surface area is 209 Å². The van der Waals surface area contributed by atoms with Crippen LogP contribution < -0.4 is 5.32 Å². The maximum atomic E-state index is 11.8. The van der Waals surface area contributed by atoms with Gasteiger partial charge < -0.3 is 34.0 Å². The molecule has 0 aromatic carbocycles. The summed E-state index contributed by atoms with van der Waals surface area (Å²) in [6, 6.07) is 0. The van der Waals surface area contributed by atoms with Crippen molar-refractivity contribution in [2.75, 3.05) is 65.9 Å². The van der Waals surface area contributed by atoms with Crippen LogP contribution in [0.3, 0.4) is 0 Å². The summed E-state index contributed by atoms with van der Waals surface area (Å²) < 4.78 is 21.3. The number of nitrogens with one attached hydrogen (secondary N) is 1. The number of carbonyl (C=O) groups excluding carboxylic acids is 5. The number of hydroxylamine groups is 2. The molecule has 13 heteroatoms. The number of hydrogen-bond acceptors (Lipinski definition) is 10. The van der Waals surface area contributed by atoms with Crippen LogP contribution in [0.25, 0.3) is 0 Å². The van der Waals surface area contributed by atoms with Crippen LogP contribution in [0.2, 0.25) is 0 Å². The lowest BCUT2D eigenvalue weighted by Crippen LogP contribution is -2.32. The van der Waals surface area contributed by atoms with Crippen LogP contribution in [0.4, 0.5) is 0 Å². The number of hydrogen-bond donors (Lipinski definition) is 1. The third-order valence-electron chi connectivity index (χ3n) is 4.93. The van der Waals surface area contributed by atoms with E-state index in [-0.39, 0.29) is 50.7 Å². The molecule has 0 aromatic rings. The highest BCUT2D eigenvalue weighted by atomic mass is 16.7. The van der Waals surface area contributed by atoms with Gasteiger partial charge in [0.1, 0.15) is 0 Å². The summed E-state index contributed by atoms with van der Waals surface area (Å²) >= 11 is 0. The van der Waals surface area contributed by atoms with Gasteiger partial charge >= 0.3 is 5.97 Å². The molecular formula is C23H33N3O10. The third-order valence-corrected chi connectivity index (χ3v) is 4.93. The van der Waals surface area contributed by atoms with E-state index in [4.69, 9.17) is 23.8 Å². The van der Waals surface area contributed by atoms with Crippen LogP contribution in [0.1, 0.15) is 25.7 Å². The molecule has 2 aliphatic heterocycles. The molecule has 0 saturated carbocycles. The zero-order valence-corrected chi connectivity index (χ0v) is 20.2.